The van der Waals surface area contributed by atoms with Gasteiger partial charge in [-0.3, -0.25) is 14.6 Å². The first-order valence-electron chi connectivity index (χ1n) is 11.7. The molecule has 0 aromatic heterocycles. The zero-order chi connectivity index (χ0) is 19.6. The van der Waals surface area contributed by atoms with Crippen molar-refractivity contribution in [2.75, 3.05) is 39.3 Å². The molecule has 27 heavy (non-hydrogen) atoms. The van der Waals surface area contributed by atoms with Crippen LogP contribution in [-0.4, -0.2) is 77.9 Å². The molecule has 0 radical (unpaired) electrons. The van der Waals surface area contributed by atoms with Gasteiger partial charge in [0, 0.05) is 50.2 Å². The molecular weight excluding hydrogens is 334 g/mol. The van der Waals surface area contributed by atoms with E-state index >= 15 is 0 Å². The Morgan fingerprint density at radius 2 is 1.33 bits per heavy atom. The Morgan fingerprint density at radius 3 is 1.81 bits per heavy atom. The van der Waals surface area contributed by atoms with Gasteiger partial charge in [0.05, 0.1) is 0 Å². The fourth-order valence-electron chi connectivity index (χ4n) is 6.04. The van der Waals surface area contributed by atoms with Crippen molar-refractivity contribution in [1.82, 2.24) is 14.7 Å². The van der Waals surface area contributed by atoms with Crippen LogP contribution < -0.4 is 0 Å². The third-order valence-corrected chi connectivity index (χ3v) is 7.88. The Bertz CT molecular complexity index is 476. The predicted octanol–water partition coefficient (Wildman–Crippen LogP) is 3.65. The van der Waals surface area contributed by atoms with Crippen molar-refractivity contribution >= 4 is 5.78 Å². The maximum absolute atomic E-state index is 11.5. The van der Waals surface area contributed by atoms with Gasteiger partial charge in [-0.25, -0.2) is 0 Å². The lowest BCUT2D eigenvalue weighted by molar-refractivity contribution is -0.140. The minimum Gasteiger partial charge on any atom is -0.300 e. The quantitative estimate of drug-likeness (QED) is 0.747. The Hall–Kier alpha value is -0.450. The zero-order valence-electron chi connectivity index (χ0n) is 18.5. The number of Topliss-reactive ketones (excluding diaryl/α,β-unsaturated/α-hetero) is 1. The molecule has 0 unspecified atom stereocenters. The summed E-state index contributed by atoms with van der Waals surface area (Å²) in [6.45, 7) is 18.0. The zero-order valence-corrected chi connectivity index (χ0v) is 18.5. The fraction of sp³-hybridized carbons (Fsp3) is 0.957. The van der Waals surface area contributed by atoms with E-state index in [1.54, 1.807) is 6.92 Å². The van der Waals surface area contributed by atoms with Gasteiger partial charge in [0.15, 0.2) is 0 Å². The van der Waals surface area contributed by atoms with Gasteiger partial charge in [0.2, 0.25) is 0 Å². The number of hydrogen-bond donors (Lipinski definition) is 0. The molecule has 4 rings (SSSR count). The molecule has 0 N–H and O–H groups in total. The third kappa shape index (κ3) is 4.59. The molecule has 0 amide bonds. The molecule has 4 nitrogen and oxygen atoms in total. The van der Waals surface area contributed by atoms with Crippen molar-refractivity contribution < 1.29 is 4.79 Å². The number of ketones is 1. The highest BCUT2D eigenvalue weighted by atomic mass is 16.1. The molecule has 0 aromatic carbocycles. The van der Waals surface area contributed by atoms with E-state index in [-0.39, 0.29) is 0 Å². The summed E-state index contributed by atoms with van der Waals surface area (Å²) in [6, 6.07) is 2.35. The van der Waals surface area contributed by atoms with Gasteiger partial charge in [-0.15, -0.1) is 0 Å². The van der Waals surface area contributed by atoms with Crippen molar-refractivity contribution in [1.29, 1.82) is 0 Å². The van der Waals surface area contributed by atoms with Crippen molar-refractivity contribution in [3.8, 4) is 0 Å². The number of carbonyl (C=O) groups excluding carboxylic acids is 1. The van der Waals surface area contributed by atoms with Gasteiger partial charge in [-0.2, -0.15) is 0 Å². The van der Waals surface area contributed by atoms with Crippen LogP contribution in [0.15, 0.2) is 0 Å². The third-order valence-electron chi connectivity index (χ3n) is 7.88. The van der Waals surface area contributed by atoms with E-state index in [2.05, 4.69) is 28.5 Å². The molecule has 4 aliphatic rings. The highest BCUT2D eigenvalue weighted by Crippen LogP contribution is 2.60. The molecule has 2 heterocycles. The van der Waals surface area contributed by atoms with Crippen molar-refractivity contribution in [3.63, 3.8) is 0 Å². The largest absolute Gasteiger partial charge is 0.300 e. The maximum atomic E-state index is 11.5. The van der Waals surface area contributed by atoms with Crippen LogP contribution in [0.2, 0.25) is 0 Å². The Kier molecular flexibility index (Phi) is 7.02. The Balaban J connectivity index is 0.00000102. The van der Waals surface area contributed by atoms with E-state index < -0.39 is 0 Å². The van der Waals surface area contributed by atoms with Crippen LogP contribution in [0.25, 0.3) is 0 Å². The first-order chi connectivity index (χ1) is 13.0. The predicted molar refractivity (Wildman–Crippen MR) is 113 cm³/mol. The fourth-order valence-corrected chi connectivity index (χ4v) is 6.04. The van der Waals surface area contributed by atoms with Crippen molar-refractivity contribution in [3.05, 3.63) is 0 Å². The number of piperazine rings is 1. The molecule has 2 aliphatic carbocycles. The molecule has 2 saturated carbocycles. The summed E-state index contributed by atoms with van der Waals surface area (Å²) in [5.41, 5.74) is 0.574. The molecule has 2 saturated heterocycles. The lowest BCUT2D eigenvalue weighted by Crippen LogP contribution is -2.60. The topological polar surface area (TPSA) is 26.8 Å². The second-order valence-corrected chi connectivity index (χ2v) is 9.71. The van der Waals surface area contributed by atoms with E-state index in [4.69, 9.17) is 0 Å². The summed E-state index contributed by atoms with van der Waals surface area (Å²) < 4.78 is 0. The van der Waals surface area contributed by atoms with E-state index in [1.807, 2.05) is 13.8 Å². The summed E-state index contributed by atoms with van der Waals surface area (Å²) in [5, 5.41) is 0. The van der Waals surface area contributed by atoms with Crippen LogP contribution in [0, 0.1) is 11.3 Å². The highest BCUT2D eigenvalue weighted by molar-refractivity contribution is 5.79. The second kappa shape index (κ2) is 8.92. The number of nitrogens with zero attached hydrogens (tertiary/aromatic N) is 3. The first-order valence-corrected chi connectivity index (χ1v) is 11.7. The van der Waals surface area contributed by atoms with Crippen LogP contribution in [0.5, 0.6) is 0 Å². The van der Waals surface area contributed by atoms with Gasteiger partial charge < -0.3 is 4.90 Å². The molecule has 4 fully saturated rings. The number of likely N-dealkylation sites (tertiary alicyclic amines) is 1. The lowest BCUT2D eigenvalue weighted by Gasteiger charge is -2.60. The molecule has 0 bridgehead atoms. The monoisotopic (exact) mass is 377 g/mol. The van der Waals surface area contributed by atoms with Gasteiger partial charge in [-0.05, 0) is 77.8 Å². The molecular formula is C23H43N3O. The van der Waals surface area contributed by atoms with Crippen LogP contribution >= 0.6 is 0 Å². The van der Waals surface area contributed by atoms with E-state index in [0.29, 0.717) is 23.2 Å². The van der Waals surface area contributed by atoms with E-state index in [1.165, 1.54) is 77.8 Å². The minimum atomic E-state index is 0.399. The lowest BCUT2D eigenvalue weighted by atomic mass is 9.49. The van der Waals surface area contributed by atoms with Crippen molar-refractivity contribution in [2.24, 2.45) is 11.3 Å². The summed E-state index contributed by atoms with van der Waals surface area (Å²) in [4.78, 5) is 19.6. The van der Waals surface area contributed by atoms with Crippen LogP contribution in [0.1, 0.15) is 73.1 Å². The van der Waals surface area contributed by atoms with Gasteiger partial charge in [0.1, 0.15) is 5.78 Å². The van der Waals surface area contributed by atoms with Crippen LogP contribution in [-0.2, 0) is 4.79 Å². The van der Waals surface area contributed by atoms with E-state index in [0.717, 1.165) is 12.1 Å². The van der Waals surface area contributed by atoms with Gasteiger partial charge >= 0.3 is 0 Å². The van der Waals surface area contributed by atoms with Gasteiger partial charge in [-0.1, -0.05) is 13.8 Å². The normalized spacial score (nSPS) is 36.1. The number of piperidine rings is 1. The standard InChI is InChI=1S/C21H37N3O.C2H6/c1-16(2)22-8-10-24(11-9-22)19-4-6-23(7-5-19)20-14-21(15-20)12-18(13-21)17(3)25;1-2/h16,18-20H,4-15H2,1-3H3;1-2H3. The Labute approximate surface area is 167 Å². The van der Waals surface area contributed by atoms with Crippen LogP contribution in [0.3, 0.4) is 0 Å². The summed E-state index contributed by atoms with van der Waals surface area (Å²) >= 11 is 0. The SMILES string of the molecule is CC.CC(=O)C1CC2(C1)CC(N1CCC(N3CCN(C(C)C)CC3)CC1)C2. The van der Waals surface area contributed by atoms with Crippen molar-refractivity contribution in [2.45, 2.75) is 91.3 Å². The summed E-state index contributed by atoms with van der Waals surface area (Å²) in [6.07, 6.45) is 7.84. The van der Waals surface area contributed by atoms with Crippen LogP contribution in [0.4, 0.5) is 0 Å². The Morgan fingerprint density at radius 1 is 0.815 bits per heavy atom. The number of rotatable bonds is 4. The average Bonchev–Trinajstić information content (AvgIpc) is 2.61. The smallest absolute Gasteiger partial charge is 0.132 e. The molecule has 0 atom stereocenters. The first kappa shape index (κ1) is 21.3. The van der Waals surface area contributed by atoms with Gasteiger partial charge in [0.25, 0.3) is 0 Å². The molecule has 2 aliphatic heterocycles. The molecule has 4 heteroatoms. The minimum absolute atomic E-state index is 0.399. The highest BCUT2D eigenvalue weighted by Gasteiger charge is 2.55. The van der Waals surface area contributed by atoms with E-state index in [9.17, 15) is 4.79 Å². The summed E-state index contributed by atoms with van der Waals surface area (Å²) in [5.74, 6) is 0.823. The number of carbonyl (C=O) groups is 1. The molecule has 0 aromatic rings. The average molecular weight is 378 g/mol. The molecule has 1 spiro atoms. The second-order valence-electron chi connectivity index (χ2n) is 9.71. The molecule has 156 valence electrons. The summed E-state index contributed by atoms with van der Waals surface area (Å²) in [7, 11) is 0. The maximum Gasteiger partial charge on any atom is 0.132 e. The number of hydrogen-bond acceptors (Lipinski definition) is 4.